The molecule has 3 atom stereocenters. The summed E-state index contributed by atoms with van der Waals surface area (Å²) < 4.78 is 29.6. The van der Waals surface area contributed by atoms with E-state index in [-0.39, 0.29) is 29.7 Å². The van der Waals surface area contributed by atoms with Gasteiger partial charge in [0.2, 0.25) is 0 Å². The lowest BCUT2D eigenvalue weighted by atomic mass is 9.86. The summed E-state index contributed by atoms with van der Waals surface area (Å²) in [5.41, 5.74) is 5.50. The van der Waals surface area contributed by atoms with Crippen molar-refractivity contribution in [3.05, 3.63) is 34.1 Å². The third-order valence-corrected chi connectivity index (χ3v) is 3.30. The summed E-state index contributed by atoms with van der Waals surface area (Å²) in [6.07, 6.45) is -0.170. The second-order valence-corrected chi connectivity index (χ2v) is 4.76. The summed E-state index contributed by atoms with van der Waals surface area (Å²) in [7, 11) is 1.56. The molecule has 1 fully saturated rings. The highest BCUT2D eigenvalue weighted by molar-refractivity contribution is 5.37. The van der Waals surface area contributed by atoms with Crippen molar-refractivity contribution in [2.45, 2.75) is 24.7 Å². The molecule has 0 heterocycles. The van der Waals surface area contributed by atoms with E-state index in [1.165, 1.54) is 12.1 Å². The zero-order chi connectivity index (χ0) is 15.4. The highest BCUT2D eigenvalue weighted by atomic mass is 19.1. The minimum Gasteiger partial charge on any atom is -0.485 e. The number of nitro groups is 1. The summed E-state index contributed by atoms with van der Waals surface area (Å²) in [6, 6.07) is 3.09. The Labute approximate surface area is 120 Å². The van der Waals surface area contributed by atoms with Gasteiger partial charge in [0, 0.05) is 25.6 Å². The van der Waals surface area contributed by atoms with Gasteiger partial charge in [0.05, 0.1) is 24.2 Å². The molecule has 2 rings (SSSR count). The van der Waals surface area contributed by atoms with Crippen molar-refractivity contribution in [2.24, 2.45) is 5.73 Å². The van der Waals surface area contributed by atoms with E-state index in [1.807, 2.05) is 0 Å². The van der Waals surface area contributed by atoms with Crippen LogP contribution in [0.3, 0.4) is 0 Å². The van der Waals surface area contributed by atoms with Gasteiger partial charge in [-0.05, 0) is 6.07 Å². The smallest absolute Gasteiger partial charge is 0.272 e. The van der Waals surface area contributed by atoms with Crippen LogP contribution in [0.25, 0.3) is 0 Å². The number of hydrogen-bond donors (Lipinski definition) is 1. The molecule has 1 aliphatic rings. The topological polar surface area (TPSA) is 96.9 Å². The number of nitrogens with two attached hydrogens (primary N) is 1. The molecular formula is C13H17FN2O5. The second kappa shape index (κ2) is 6.79. The van der Waals surface area contributed by atoms with Crippen LogP contribution in [0.15, 0.2) is 18.2 Å². The number of hydrogen-bond acceptors (Lipinski definition) is 6. The molecule has 0 spiro atoms. The van der Waals surface area contributed by atoms with Crippen LogP contribution in [-0.4, -0.2) is 43.5 Å². The lowest BCUT2D eigenvalue weighted by Crippen LogP contribution is -2.59. The minimum atomic E-state index is -0.777. The average molecular weight is 300 g/mol. The van der Waals surface area contributed by atoms with E-state index < -0.39 is 10.7 Å². The number of rotatable bonds is 7. The maximum atomic E-state index is 13.7. The number of halogens is 1. The van der Waals surface area contributed by atoms with E-state index in [0.717, 1.165) is 6.07 Å². The first-order valence-corrected chi connectivity index (χ1v) is 6.49. The summed E-state index contributed by atoms with van der Waals surface area (Å²) >= 11 is 0. The predicted molar refractivity (Wildman–Crippen MR) is 71.7 cm³/mol. The van der Waals surface area contributed by atoms with Crippen LogP contribution in [0.5, 0.6) is 5.75 Å². The fourth-order valence-electron chi connectivity index (χ4n) is 2.09. The van der Waals surface area contributed by atoms with Crippen molar-refractivity contribution in [1.82, 2.24) is 0 Å². The Morgan fingerprint density at radius 2 is 2.24 bits per heavy atom. The van der Waals surface area contributed by atoms with Gasteiger partial charge in [-0.25, -0.2) is 4.39 Å². The molecule has 8 heteroatoms. The third-order valence-electron chi connectivity index (χ3n) is 3.30. The van der Waals surface area contributed by atoms with Gasteiger partial charge in [-0.3, -0.25) is 10.1 Å². The lowest BCUT2D eigenvalue weighted by molar-refractivity contribution is -0.385. The van der Waals surface area contributed by atoms with E-state index in [2.05, 4.69) is 0 Å². The van der Waals surface area contributed by atoms with Crippen LogP contribution in [0.1, 0.15) is 6.42 Å². The maximum Gasteiger partial charge on any atom is 0.272 e. The molecule has 1 aromatic rings. The molecular weight excluding hydrogens is 283 g/mol. The van der Waals surface area contributed by atoms with Gasteiger partial charge in [0.15, 0.2) is 11.6 Å². The highest BCUT2D eigenvalue weighted by Crippen LogP contribution is 2.30. The Hall–Kier alpha value is -1.77. The van der Waals surface area contributed by atoms with Crippen LogP contribution in [-0.2, 0) is 9.47 Å². The summed E-state index contributed by atoms with van der Waals surface area (Å²) in [4.78, 5) is 9.88. The monoisotopic (exact) mass is 300 g/mol. The van der Waals surface area contributed by atoms with E-state index in [9.17, 15) is 14.5 Å². The molecule has 1 saturated carbocycles. The quantitative estimate of drug-likeness (QED) is 0.462. The zero-order valence-electron chi connectivity index (χ0n) is 11.5. The molecule has 0 aliphatic heterocycles. The number of nitro benzene ring substituents is 1. The number of nitrogens with zero attached hydrogens (tertiary/aromatic N) is 1. The minimum absolute atomic E-state index is 0.0437. The van der Waals surface area contributed by atoms with Gasteiger partial charge < -0.3 is 19.9 Å². The van der Waals surface area contributed by atoms with Crippen LogP contribution < -0.4 is 10.5 Å². The molecule has 0 radical (unpaired) electrons. The number of ether oxygens (including phenoxy) is 3. The van der Waals surface area contributed by atoms with Gasteiger partial charge in [-0.15, -0.1) is 0 Å². The first-order chi connectivity index (χ1) is 10.0. The fourth-order valence-corrected chi connectivity index (χ4v) is 2.09. The van der Waals surface area contributed by atoms with E-state index >= 15 is 0 Å². The third kappa shape index (κ3) is 3.66. The predicted octanol–water partition coefficient (Wildman–Crippen LogP) is 1.24. The first kappa shape index (κ1) is 15.6. The summed E-state index contributed by atoms with van der Waals surface area (Å²) in [5, 5.41) is 10.5. The SMILES string of the molecule is COCCOC1C(N)CC1Oc1ccc([N+](=O)[O-])cc1F. The van der Waals surface area contributed by atoms with Gasteiger partial charge in [-0.1, -0.05) is 0 Å². The van der Waals surface area contributed by atoms with E-state index in [4.69, 9.17) is 19.9 Å². The largest absolute Gasteiger partial charge is 0.485 e. The van der Waals surface area contributed by atoms with Gasteiger partial charge in [0.1, 0.15) is 12.2 Å². The summed E-state index contributed by atoms with van der Waals surface area (Å²) in [6.45, 7) is 0.805. The van der Waals surface area contributed by atoms with E-state index in [0.29, 0.717) is 19.6 Å². The summed E-state index contributed by atoms with van der Waals surface area (Å²) in [5.74, 6) is -0.821. The van der Waals surface area contributed by atoms with E-state index in [1.54, 1.807) is 7.11 Å². The first-order valence-electron chi connectivity index (χ1n) is 6.49. The maximum absolute atomic E-state index is 13.7. The van der Waals surface area contributed by atoms with Crippen LogP contribution in [0.2, 0.25) is 0 Å². The van der Waals surface area contributed by atoms with Crippen molar-refractivity contribution in [2.75, 3.05) is 20.3 Å². The standard InChI is InChI=1S/C13H17FN2O5/c1-19-4-5-20-13-10(15)7-12(13)21-11-3-2-8(16(17)18)6-9(11)14/h2-3,6,10,12-13H,4-5,7,15H2,1H3. The number of non-ortho nitro benzene ring substituents is 1. The Morgan fingerprint density at radius 1 is 1.48 bits per heavy atom. The molecule has 2 N–H and O–H groups in total. The Balaban J connectivity index is 1.96. The second-order valence-electron chi connectivity index (χ2n) is 4.76. The van der Waals surface area contributed by atoms with Crippen molar-refractivity contribution >= 4 is 5.69 Å². The van der Waals surface area contributed by atoms with Crippen LogP contribution >= 0.6 is 0 Å². The molecule has 3 unspecified atom stereocenters. The van der Waals surface area contributed by atoms with Crippen LogP contribution in [0, 0.1) is 15.9 Å². The fraction of sp³-hybridized carbons (Fsp3) is 0.538. The van der Waals surface area contributed by atoms with Crippen molar-refractivity contribution in [1.29, 1.82) is 0 Å². The number of benzene rings is 1. The highest BCUT2D eigenvalue weighted by Gasteiger charge is 2.42. The van der Waals surface area contributed by atoms with Crippen molar-refractivity contribution in [3.8, 4) is 5.75 Å². The van der Waals surface area contributed by atoms with Crippen molar-refractivity contribution < 1.29 is 23.5 Å². The lowest BCUT2D eigenvalue weighted by Gasteiger charge is -2.41. The Kier molecular flexibility index (Phi) is 5.05. The zero-order valence-corrected chi connectivity index (χ0v) is 11.5. The van der Waals surface area contributed by atoms with Crippen LogP contribution in [0.4, 0.5) is 10.1 Å². The van der Waals surface area contributed by atoms with Gasteiger partial charge in [-0.2, -0.15) is 0 Å². The Morgan fingerprint density at radius 3 is 2.81 bits per heavy atom. The van der Waals surface area contributed by atoms with Gasteiger partial charge >= 0.3 is 0 Å². The molecule has 0 bridgehead atoms. The molecule has 0 saturated heterocycles. The molecule has 116 valence electrons. The number of methoxy groups -OCH3 is 1. The molecule has 21 heavy (non-hydrogen) atoms. The van der Waals surface area contributed by atoms with Gasteiger partial charge in [0.25, 0.3) is 5.69 Å². The molecule has 1 aromatic carbocycles. The van der Waals surface area contributed by atoms with Crippen molar-refractivity contribution in [3.63, 3.8) is 0 Å². The molecule has 1 aliphatic carbocycles. The Bertz CT molecular complexity index is 513. The average Bonchev–Trinajstić information content (AvgIpc) is 2.44. The normalized spacial score (nSPS) is 24.4. The molecule has 7 nitrogen and oxygen atoms in total. The molecule has 0 amide bonds. The molecule has 0 aromatic heterocycles.